The Hall–Kier alpha value is -3.47. The van der Waals surface area contributed by atoms with Crippen LogP contribution in [0.15, 0.2) is 4.79 Å². The lowest BCUT2D eigenvalue weighted by Crippen LogP contribution is -2.69. The standard InChI is InChI=1S/C25H39N5O11/c1-23(2,3)39-20(35)29-16-13(26-12-15(33)14(32)11(10-31)38-18(12)29)17(34)28-19(27-16)30(21(36)40-24(4,5)6)22(37)41-25(7,8)9/h11-12,14-15,18,26,31-33H,10H2,1-9H3,(H,27,28,34)/t11-,12+,14+,15+,18-/m1/s1. The normalized spacial score (nSPS) is 24.4. The van der Waals surface area contributed by atoms with Crippen LogP contribution in [0.25, 0.3) is 0 Å². The van der Waals surface area contributed by atoms with Crippen LogP contribution in [0.4, 0.5) is 31.8 Å². The van der Waals surface area contributed by atoms with Gasteiger partial charge < -0.3 is 39.6 Å². The Labute approximate surface area is 236 Å². The summed E-state index contributed by atoms with van der Waals surface area (Å²) in [5, 5.41) is 33.6. The summed E-state index contributed by atoms with van der Waals surface area (Å²) in [6, 6.07) is -1.27. The first-order chi connectivity index (χ1) is 18.6. The number of nitrogens with one attached hydrogen (secondary N) is 2. The molecule has 0 aliphatic carbocycles. The molecule has 5 N–H and O–H groups in total. The molecule has 16 heteroatoms. The van der Waals surface area contributed by atoms with Gasteiger partial charge in [0.05, 0.1) is 6.61 Å². The number of carbonyl (C=O) groups excluding carboxylic acids is 3. The van der Waals surface area contributed by atoms with Crippen molar-refractivity contribution in [3.63, 3.8) is 0 Å². The summed E-state index contributed by atoms with van der Waals surface area (Å²) < 4.78 is 21.9. The molecule has 3 heterocycles. The Morgan fingerprint density at radius 3 is 1.90 bits per heavy atom. The first kappa shape index (κ1) is 32.0. The molecule has 0 radical (unpaired) electrons. The predicted molar refractivity (Wildman–Crippen MR) is 144 cm³/mol. The zero-order chi connectivity index (χ0) is 31.2. The highest BCUT2D eigenvalue weighted by Gasteiger charge is 2.53. The van der Waals surface area contributed by atoms with Crippen LogP contribution >= 0.6 is 0 Å². The molecular formula is C25H39N5O11. The number of anilines is 3. The molecule has 0 saturated carbocycles. The minimum Gasteiger partial charge on any atom is -0.443 e. The van der Waals surface area contributed by atoms with Gasteiger partial charge in [-0.1, -0.05) is 0 Å². The summed E-state index contributed by atoms with van der Waals surface area (Å²) in [5.41, 5.74) is -4.47. The molecule has 41 heavy (non-hydrogen) atoms. The number of aliphatic hydroxyl groups excluding tert-OH is 3. The van der Waals surface area contributed by atoms with Gasteiger partial charge in [0.25, 0.3) is 5.56 Å². The fourth-order valence-electron chi connectivity index (χ4n) is 3.99. The van der Waals surface area contributed by atoms with Crippen LogP contribution in [0.2, 0.25) is 0 Å². The molecule has 1 saturated heterocycles. The van der Waals surface area contributed by atoms with E-state index in [1.54, 1.807) is 62.3 Å². The van der Waals surface area contributed by atoms with E-state index in [1.807, 2.05) is 0 Å². The Balaban J connectivity index is 2.23. The topological polar surface area (TPSA) is 213 Å². The maximum atomic E-state index is 13.5. The van der Waals surface area contributed by atoms with Gasteiger partial charge in [0.2, 0.25) is 5.95 Å². The second-order valence-electron chi connectivity index (χ2n) is 12.6. The highest BCUT2D eigenvalue weighted by atomic mass is 16.6. The van der Waals surface area contributed by atoms with Crippen molar-refractivity contribution >= 4 is 35.7 Å². The van der Waals surface area contributed by atoms with Gasteiger partial charge in [0.1, 0.15) is 46.8 Å². The van der Waals surface area contributed by atoms with E-state index in [9.17, 15) is 34.5 Å². The van der Waals surface area contributed by atoms with Crippen molar-refractivity contribution in [1.82, 2.24) is 9.97 Å². The van der Waals surface area contributed by atoms with Crippen LogP contribution in [0.5, 0.6) is 0 Å². The number of rotatable bonds is 2. The minimum absolute atomic E-state index is 0.355. The maximum Gasteiger partial charge on any atom is 0.427 e. The number of H-pyrrole nitrogens is 1. The first-order valence-electron chi connectivity index (χ1n) is 12.9. The molecule has 3 rings (SSSR count). The summed E-state index contributed by atoms with van der Waals surface area (Å²) in [6.07, 6.45) is -9.48. The lowest BCUT2D eigenvalue weighted by molar-refractivity contribution is -0.185. The van der Waals surface area contributed by atoms with Crippen molar-refractivity contribution in [3.05, 3.63) is 10.4 Å². The number of imide groups is 1. The van der Waals surface area contributed by atoms with E-state index in [-0.39, 0.29) is 5.69 Å². The van der Waals surface area contributed by atoms with Crippen LogP contribution in [0.1, 0.15) is 62.3 Å². The van der Waals surface area contributed by atoms with Gasteiger partial charge in [0.15, 0.2) is 12.0 Å². The lowest BCUT2D eigenvalue weighted by Gasteiger charge is -2.49. The van der Waals surface area contributed by atoms with E-state index >= 15 is 0 Å². The monoisotopic (exact) mass is 585 g/mol. The molecule has 2 aliphatic rings. The summed E-state index contributed by atoms with van der Waals surface area (Å²) in [5.74, 6) is -1.09. The number of amides is 3. The van der Waals surface area contributed by atoms with Crippen molar-refractivity contribution in [3.8, 4) is 0 Å². The van der Waals surface area contributed by atoms with Crippen LogP contribution in [-0.2, 0) is 18.9 Å². The second kappa shape index (κ2) is 11.1. The fraction of sp³-hybridized carbons (Fsp3) is 0.720. The van der Waals surface area contributed by atoms with Crippen LogP contribution in [0.3, 0.4) is 0 Å². The summed E-state index contributed by atoms with van der Waals surface area (Å²) >= 11 is 0. The van der Waals surface area contributed by atoms with E-state index in [0.717, 1.165) is 4.90 Å². The molecule has 1 fully saturated rings. The molecule has 5 atom stereocenters. The smallest absolute Gasteiger partial charge is 0.427 e. The number of carbonyl (C=O) groups is 3. The quantitative estimate of drug-likeness (QED) is 0.311. The molecule has 0 spiro atoms. The molecule has 0 unspecified atom stereocenters. The summed E-state index contributed by atoms with van der Waals surface area (Å²) in [6.45, 7) is 13.4. The molecule has 3 amide bonds. The molecule has 0 aromatic carbocycles. The Kier molecular flexibility index (Phi) is 8.66. The molecule has 0 bridgehead atoms. The zero-order valence-corrected chi connectivity index (χ0v) is 24.5. The maximum absolute atomic E-state index is 13.5. The van der Waals surface area contributed by atoms with Gasteiger partial charge in [-0.3, -0.25) is 9.78 Å². The van der Waals surface area contributed by atoms with Gasteiger partial charge in [-0.05, 0) is 62.3 Å². The number of hydrogen-bond acceptors (Lipinski definition) is 13. The molecule has 230 valence electrons. The lowest BCUT2D eigenvalue weighted by atomic mass is 9.94. The minimum atomic E-state index is -1.61. The Morgan fingerprint density at radius 2 is 1.44 bits per heavy atom. The average Bonchev–Trinajstić information content (AvgIpc) is 2.76. The largest absolute Gasteiger partial charge is 0.443 e. The van der Waals surface area contributed by atoms with Crippen molar-refractivity contribution < 1.29 is 48.7 Å². The SMILES string of the molecule is CC(C)(C)OC(=O)N(C(=O)OC(C)(C)C)c1nc2c(c(=O)[nH]1)N[C@H]1[C@H](O)[C@@H](O)[C@@H](CO)O[C@H]1N2C(=O)OC(C)(C)C. The third kappa shape index (κ3) is 7.25. The third-order valence-electron chi connectivity index (χ3n) is 5.54. The number of ether oxygens (including phenoxy) is 4. The van der Waals surface area contributed by atoms with E-state index in [2.05, 4.69) is 15.3 Å². The van der Waals surface area contributed by atoms with E-state index in [0.29, 0.717) is 4.90 Å². The van der Waals surface area contributed by atoms with Crippen molar-refractivity contribution in [2.45, 2.75) is 110 Å². The summed E-state index contributed by atoms with van der Waals surface area (Å²) in [7, 11) is 0. The van der Waals surface area contributed by atoms with Crippen molar-refractivity contribution in [1.29, 1.82) is 0 Å². The van der Waals surface area contributed by atoms with Crippen molar-refractivity contribution in [2.75, 3.05) is 21.7 Å². The molecule has 2 aliphatic heterocycles. The summed E-state index contributed by atoms with van der Waals surface area (Å²) in [4.78, 5) is 60.9. The number of aromatic amines is 1. The fourth-order valence-corrected chi connectivity index (χ4v) is 3.99. The number of fused-ring (bicyclic) bond motifs is 2. The van der Waals surface area contributed by atoms with Gasteiger partial charge in [-0.15, -0.1) is 4.90 Å². The van der Waals surface area contributed by atoms with E-state index in [1.165, 1.54) is 0 Å². The van der Waals surface area contributed by atoms with Crippen LogP contribution < -0.4 is 20.7 Å². The zero-order valence-electron chi connectivity index (χ0n) is 24.5. The third-order valence-corrected chi connectivity index (χ3v) is 5.54. The number of nitrogens with zero attached hydrogens (tertiary/aromatic N) is 3. The number of aromatic nitrogens is 2. The number of hydrogen-bond donors (Lipinski definition) is 5. The van der Waals surface area contributed by atoms with Gasteiger partial charge in [-0.2, -0.15) is 4.98 Å². The van der Waals surface area contributed by atoms with Crippen LogP contribution in [-0.4, -0.2) is 97.6 Å². The number of aliphatic hydroxyl groups is 3. The molecular weight excluding hydrogens is 546 g/mol. The molecule has 1 aromatic rings. The first-order valence-corrected chi connectivity index (χ1v) is 12.9. The van der Waals surface area contributed by atoms with Crippen molar-refractivity contribution in [2.24, 2.45) is 0 Å². The molecule has 16 nitrogen and oxygen atoms in total. The highest BCUT2D eigenvalue weighted by molar-refractivity contribution is 6.08. The highest BCUT2D eigenvalue weighted by Crippen LogP contribution is 2.37. The Bertz CT molecular complexity index is 1200. The average molecular weight is 586 g/mol. The molecule has 1 aromatic heterocycles. The van der Waals surface area contributed by atoms with Crippen LogP contribution in [0, 0.1) is 0 Å². The second-order valence-corrected chi connectivity index (χ2v) is 12.6. The van der Waals surface area contributed by atoms with Gasteiger partial charge in [0, 0.05) is 0 Å². The van der Waals surface area contributed by atoms with Gasteiger partial charge in [-0.25, -0.2) is 19.3 Å². The predicted octanol–water partition coefficient (Wildman–Crippen LogP) is 1.42. The van der Waals surface area contributed by atoms with E-state index in [4.69, 9.17) is 18.9 Å². The van der Waals surface area contributed by atoms with Gasteiger partial charge >= 0.3 is 18.3 Å². The van der Waals surface area contributed by atoms with E-state index < -0.39 is 89.6 Å². The Morgan fingerprint density at radius 1 is 0.927 bits per heavy atom.